The predicted molar refractivity (Wildman–Crippen MR) is 77.3 cm³/mol. The largest absolute Gasteiger partial charge is 0.464 e. The molecule has 0 heterocycles. The minimum atomic E-state index is -1.24. The van der Waals surface area contributed by atoms with E-state index in [9.17, 15) is 14.7 Å². The molecule has 0 saturated heterocycles. The van der Waals surface area contributed by atoms with Crippen LogP contribution in [0.25, 0.3) is 0 Å². The molecule has 1 atom stereocenters. The van der Waals surface area contributed by atoms with Crippen molar-refractivity contribution >= 4 is 11.9 Å². The van der Waals surface area contributed by atoms with E-state index < -0.39 is 18.0 Å². The average molecular weight is 294 g/mol. The highest BCUT2D eigenvalue weighted by molar-refractivity contribution is 5.77. The van der Waals surface area contributed by atoms with Gasteiger partial charge in [-0.05, 0) is 18.9 Å². The molecule has 116 valence electrons. The molecule has 1 N–H and O–H groups in total. The van der Waals surface area contributed by atoms with Gasteiger partial charge in [-0.1, -0.05) is 37.3 Å². The standard InChI is InChI=1S/C16H22O5/c1-3-7-14(18)21-12-16(2,11-17)15(19)20-10-13-8-5-4-6-9-13/h4-6,8-9,17H,3,7,10-12H2,1-2H3. The average Bonchev–Trinajstić information content (AvgIpc) is 2.51. The Morgan fingerprint density at radius 3 is 2.43 bits per heavy atom. The van der Waals surface area contributed by atoms with Gasteiger partial charge in [-0.2, -0.15) is 0 Å². The molecule has 21 heavy (non-hydrogen) atoms. The second kappa shape index (κ2) is 8.42. The van der Waals surface area contributed by atoms with Crippen LogP contribution < -0.4 is 0 Å². The van der Waals surface area contributed by atoms with E-state index in [2.05, 4.69) is 0 Å². The lowest BCUT2D eigenvalue weighted by Crippen LogP contribution is -2.38. The van der Waals surface area contributed by atoms with Crippen molar-refractivity contribution in [2.45, 2.75) is 33.3 Å². The lowest BCUT2D eigenvalue weighted by atomic mass is 9.93. The third kappa shape index (κ3) is 5.55. The zero-order chi connectivity index (χ0) is 15.7. The molecule has 0 saturated carbocycles. The second-order valence-electron chi connectivity index (χ2n) is 5.19. The van der Waals surface area contributed by atoms with E-state index in [4.69, 9.17) is 9.47 Å². The van der Waals surface area contributed by atoms with Crippen molar-refractivity contribution in [3.8, 4) is 0 Å². The van der Waals surface area contributed by atoms with Gasteiger partial charge in [-0.25, -0.2) is 0 Å². The van der Waals surface area contributed by atoms with E-state index in [1.165, 1.54) is 6.92 Å². The van der Waals surface area contributed by atoms with Crippen LogP contribution in [0.15, 0.2) is 30.3 Å². The van der Waals surface area contributed by atoms with Crippen LogP contribution in [0.1, 0.15) is 32.3 Å². The lowest BCUT2D eigenvalue weighted by molar-refractivity contribution is -0.166. The van der Waals surface area contributed by atoms with Crippen molar-refractivity contribution in [1.29, 1.82) is 0 Å². The van der Waals surface area contributed by atoms with E-state index in [1.807, 2.05) is 37.3 Å². The highest BCUT2D eigenvalue weighted by atomic mass is 16.6. The maximum atomic E-state index is 12.1. The molecule has 0 aliphatic rings. The summed E-state index contributed by atoms with van der Waals surface area (Å²) in [5.74, 6) is -0.966. The van der Waals surface area contributed by atoms with Gasteiger partial charge in [0, 0.05) is 6.42 Å². The molecule has 0 aliphatic heterocycles. The zero-order valence-electron chi connectivity index (χ0n) is 12.5. The summed E-state index contributed by atoms with van der Waals surface area (Å²) in [7, 11) is 0. The molecule has 5 heteroatoms. The fourth-order valence-corrected chi connectivity index (χ4v) is 1.58. The molecule has 0 aromatic heterocycles. The second-order valence-corrected chi connectivity index (χ2v) is 5.19. The Kier molecular flexibility index (Phi) is 6.88. The molecule has 1 aromatic carbocycles. The molecular formula is C16H22O5. The summed E-state index contributed by atoms with van der Waals surface area (Å²) in [6, 6.07) is 9.24. The van der Waals surface area contributed by atoms with Crippen molar-refractivity contribution in [3.05, 3.63) is 35.9 Å². The summed E-state index contributed by atoms with van der Waals surface area (Å²) in [6.07, 6.45) is 0.966. The SMILES string of the molecule is CCCC(=O)OCC(C)(CO)C(=O)OCc1ccccc1. The maximum absolute atomic E-state index is 12.1. The zero-order valence-corrected chi connectivity index (χ0v) is 12.5. The minimum Gasteiger partial charge on any atom is -0.464 e. The van der Waals surface area contributed by atoms with Crippen LogP contribution in [0.3, 0.4) is 0 Å². The molecule has 0 bridgehead atoms. The summed E-state index contributed by atoms with van der Waals surface area (Å²) in [6.45, 7) is 2.87. The van der Waals surface area contributed by atoms with Gasteiger partial charge in [0.05, 0.1) is 6.61 Å². The van der Waals surface area contributed by atoms with Crippen LogP contribution >= 0.6 is 0 Å². The Labute approximate surface area is 124 Å². The first kappa shape index (κ1) is 17.2. The van der Waals surface area contributed by atoms with Crippen molar-refractivity contribution in [1.82, 2.24) is 0 Å². The number of ether oxygens (including phenoxy) is 2. The number of benzene rings is 1. The number of esters is 2. The molecule has 0 radical (unpaired) electrons. The van der Waals surface area contributed by atoms with Gasteiger partial charge in [0.15, 0.2) is 0 Å². The van der Waals surface area contributed by atoms with Crippen LogP contribution in [0, 0.1) is 5.41 Å². The van der Waals surface area contributed by atoms with E-state index in [0.29, 0.717) is 12.8 Å². The lowest BCUT2D eigenvalue weighted by Gasteiger charge is -2.24. The molecule has 0 spiro atoms. The normalized spacial score (nSPS) is 13.3. The molecule has 1 unspecified atom stereocenters. The Morgan fingerprint density at radius 1 is 1.19 bits per heavy atom. The summed E-state index contributed by atoms with van der Waals surface area (Å²) in [5, 5.41) is 9.40. The first-order valence-corrected chi connectivity index (χ1v) is 6.99. The summed E-state index contributed by atoms with van der Waals surface area (Å²) < 4.78 is 10.2. The number of hydrogen-bond acceptors (Lipinski definition) is 5. The fraction of sp³-hybridized carbons (Fsp3) is 0.500. The first-order chi connectivity index (χ1) is 10.0. The van der Waals surface area contributed by atoms with Crippen molar-refractivity contribution in [2.75, 3.05) is 13.2 Å². The van der Waals surface area contributed by atoms with Gasteiger partial charge in [0.25, 0.3) is 0 Å². The molecule has 0 amide bonds. The van der Waals surface area contributed by atoms with Crippen LogP contribution in [0.5, 0.6) is 0 Å². The number of rotatable bonds is 8. The highest BCUT2D eigenvalue weighted by Gasteiger charge is 2.36. The third-order valence-electron chi connectivity index (χ3n) is 3.06. The van der Waals surface area contributed by atoms with E-state index >= 15 is 0 Å². The smallest absolute Gasteiger partial charge is 0.317 e. The van der Waals surface area contributed by atoms with Gasteiger partial charge >= 0.3 is 11.9 Å². The molecule has 0 fully saturated rings. The summed E-state index contributed by atoms with van der Waals surface area (Å²) in [4.78, 5) is 23.4. The van der Waals surface area contributed by atoms with Gasteiger partial charge in [-0.3, -0.25) is 9.59 Å². The van der Waals surface area contributed by atoms with E-state index in [0.717, 1.165) is 5.56 Å². The molecule has 5 nitrogen and oxygen atoms in total. The Bertz CT molecular complexity index is 457. The van der Waals surface area contributed by atoms with Gasteiger partial charge in [0.1, 0.15) is 18.6 Å². The van der Waals surface area contributed by atoms with E-state index in [-0.39, 0.29) is 19.2 Å². The number of carbonyl (C=O) groups is 2. The summed E-state index contributed by atoms with van der Waals surface area (Å²) >= 11 is 0. The van der Waals surface area contributed by atoms with Crippen LogP contribution in [0.4, 0.5) is 0 Å². The number of hydrogen-bond donors (Lipinski definition) is 1. The molecular weight excluding hydrogens is 272 g/mol. The first-order valence-electron chi connectivity index (χ1n) is 6.99. The number of aliphatic hydroxyl groups excluding tert-OH is 1. The van der Waals surface area contributed by atoms with Crippen LogP contribution in [-0.4, -0.2) is 30.3 Å². The van der Waals surface area contributed by atoms with Gasteiger partial charge in [0.2, 0.25) is 0 Å². The third-order valence-corrected chi connectivity index (χ3v) is 3.06. The number of aliphatic hydroxyl groups is 1. The molecule has 1 rings (SSSR count). The van der Waals surface area contributed by atoms with Crippen molar-refractivity contribution in [2.24, 2.45) is 5.41 Å². The Morgan fingerprint density at radius 2 is 1.86 bits per heavy atom. The van der Waals surface area contributed by atoms with Crippen LogP contribution in [0.2, 0.25) is 0 Å². The number of carbonyl (C=O) groups excluding carboxylic acids is 2. The maximum Gasteiger partial charge on any atom is 0.317 e. The minimum absolute atomic E-state index is 0.123. The van der Waals surface area contributed by atoms with Gasteiger partial charge in [-0.15, -0.1) is 0 Å². The predicted octanol–water partition coefficient (Wildman–Crippen LogP) is 2.07. The van der Waals surface area contributed by atoms with Crippen LogP contribution in [-0.2, 0) is 25.7 Å². The summed E-state index contributed by atoms with van der Waals surface area (Å²) in [5.41, 5.74) is -0.382. The topological polar surface area (TPSA) is 72.8 Å². The molecule has 0 aliphatic carbocycles. The van der Waals surface area contributed by atoms with Gasteiger partial charge < -0.3 is 14.6 Å². The van der Waals surface area contributed by atoms with E-state index in [1.54, 1.807) is 0 Å². The fourth-order valence-electron chi connectivity index (χ4n) is 1.58. The molecule has 1 aromatic rings. The highest BCUT2D eigenvalue weighted by Crippen LogP contribution is 2.20. The quantitative estimate of drug-likeness (QED) is 0.743. The Balaban J connectivity index is 2.52. The van der Waals surface area contributed by atoms with Crippen molar-refractivity contribution in [3.63, 3.8) is 0 Å². The Hall–Kier alpha value is -1.88. The van der Waals surface area contributed by atoms with Crippen molar-refractivity contribution < 1.29 is 24.2 Å². The monoisotopic (exact) mass is 294 g/mol.